The van der Waals surface area contributed by atoms with Crippen molar-refractivity contribution in [3.8, 4) is 0 Å². The van der Waals surface area contributed by atoms with Crippen molar-refractivity contribution >= 4 is 20.9 Å². The number of hydrogen-bond donors (Lipinski definition) is 0. The zero-order valence-electron chi connectivity index (χ0n) is 27.0. The van der Waals surface area contributed by atoms with Crippen molar-refractivity contribution in [2.24, 2.45) is 0 Å². The standard InChI is InChI=1S/C36H60O3S.K/c1-3-5-7-9-11-13-15-17-19-21-23-29-34-33-28-26-25-27-32(33)31-36(40(37,38)39)35(34)30-24-22-20-18-16-14-12-10-8-6-4-2;/h25-28,31H,3-24,29-30H2,1-2H3,(H,37,38,39);/q;+1/p-1. The summed E-state index contributed by atoms with van der Waals surface area (Å²) in [4.78, 5) is 0.0244. The van der Waals surface area contributed by atoms with Crippen LogP contribution in [-0.2, 0) is 23.0 Å². The Balaban J connectivity index is 0.00000840. The molecule has 228 valence electrons. The van der Waals surface area contributed by atoms with Gasteiger partial charge in [0.1, 0.15) is 10.1 Å². The van der Waals surface area contributed by atoms with Crippen molar-refractivity contribution in [1.82, 2.24) is 0 Å². The second kappa shape index (κ2) is 24.6. The van der Waals surface area contributed by atoms with Crippen LogP contribution >= 0.6 is 0 Å². The van der Waals surface area contributed by atoms with Crippen LogP contribution in [0.15, 0.2) is 35.2 Å². The Morgan fingerprint density at radius 2 is 0.902 bits per heavy atom. The molecule has 0 unspecified atom stereocenters. The van der Waals surface area contributed by atoms with E-state index in [0.29, 0.717) is 6.42 Å². The Bertz CT molecular complexity index is 1030. The molecule has 2 rings (SSSR count). The van der Waals surface area contributed by atoms with Crippen LogP contribution in [-0.4, -0.2) is 13.0 Å². The third-order valence-corrected chi connectivity index (χ3v) is 9.47. The second-order valence-electron chi connectivity index (χ2n) is 12.1. The molecule has 5 heteroatoms. The van der Waals surface area contributed by atoms with Gasteiger partial charge in [0, 0.05) is 0 Å². The van der Waals surface area contributed by atoms with Gasteiger partial charge in [-0.2, -0.15) is 0 Å². The van der Waals surface area contributed by atoms with Gasteiger partial charge in [0.25, 0.3) is 0 Å². The Morgan fingerprint density at radius 3 is 1.32 bits per heavy atom. The molecule has 0 saturated carbocycles. The number of benzene rings is 2. The second-order valence-corrected chi connectivity index (χ2v) is 13.4. The van der Waals surface area contributed by atoms with E-state index in [0.717, 1.165) is 54.0 Å². The van der Waals surface area contributed by atoms with E-state index in [1.165, 1.54) is 116 Å². The van der Waals surface area contributed by atoms with Crippen LogP contribution in [0.3, 0.4) is 0 Å². The van der Waals surface area contributed by atoms with Crippen molar-refractivity contribution in [2.75, 3.05) is 0 Å². The van der Waals surface area contributed by atoms with Crippen LogP contribution in [0.2, 0.25) is 0 Å². The van der Waals surface area contributed by atoms with E-state index in [2.05, 4.69) is 19.9 Å². The molecule has 41 heavy (non-hydrogen) atoms. The molecule has 0 spiro atoms. The largest absolute Gasteiger partial charge is 1.00 e. The maximum absolute atomic E-state index is 12.4. The van der Waals surface area contributed by atoms with Crippen LogP contribution in [0, 0.1) is 0 Å². The molecule has 0 bridgehead atoms. The van der Waals surface area contributed by atoms with Crippen LogP contribution in [0.25, 0.3) is 10.8 Å². The summed E-state index contributed by atoms with van der Waals surface area (Å²) in [6, 6.07) is 9.65. The number of unbranched alkanes of at least 4 members (excludes halogenated alkanes) is 20. The maximum atomic E-state index is 12.4. The molecule has 0 amide bonds. The van der Waals surface area contributed by atoms with Gasteiger partial charge in [-0.15, -0.1) is 0 Å². The van der Waals surface area contributed by atoms with Gasteiger partial charge in [-0.05, 0) is 53.6 Å². The smallest absolute Gasteiger partial charge is 0.744 e. The van der Waals surface area contributed by atoms with Gasteiger partial charge >= 0.3 is 51.4 Å². The van der Waals surface area contributed by atoms with Crippen LogP contribution in [0.5, 0.6) is 0 Å². The van der Waals surface area contributed by atoms with Gasteiger partial charge in [0.05, 0.1) is 4.90 Å². The van der Waals surface area contributed by atoms with Crippen molar-refractivity contribution < 1.29 is 64.4 Å². The van der Waals surface area contributed by atoms with Crippen molar-refractivity contribution in [3.63, 3.8) is 0 Å². The van der Waals surface area contributed by atoms with E-state index in [9.17, 15) is 13.0 Å². The zero-order chi connectivity index (χ0) is 28.9. The zero-order valence-corrected chi connectivity index (χ0v) is 30.9. The van der Waals surface area contributed by atoms with E-state index >= 15 is 0 Å². The molecular formula is C36H59KO3S. The minimum atomic E-state index is -4.52. The molecule has 0 radical (unpaired) electrons. The van der Waals surface area contributed by atoms with Gasteiger partial charge in [0.2, 0.25) is 0 Å². The van der Waals surface area contributed by atoms with Crippen LogP contribution < -0.4 is 51.4 Å². The fourth-order valence-corrected chi connectivity index (χ4v) is 6.95. The summed E-state index contributed by atoms with van der Waals surface area (Å²) in [5.41, 5.74) is 1.91. The third-order valence-electron chi connectivity index (χ3n) is 8.56. The summed E-state index contributed by atoms with van der Waals surface area (Å²) < 4.78 is 37.1. The molecule has 0 aliphatic carbocycles. The van der Waals surface area contributed by atoms with Gasteiger partial charge in [0.15, 0.2) is 0 Å². The van der Waals surface area contributed by atoms with E-state index in [1.807, 2.05) is 18.2 Å². The molecule has 0 N–H and O–H groups in total. The Hall–Kier alpha value is 0.246. The van der Waals surface area contributed by atoms with Gasteiger partial charge in [-0.3, -0.25) is 0 Å². The average Bonchev–Trinajstić information content (AvgIpc) is 2.94. The predicted octanol–water partition coefficient (Wildman–Crippen LogP) is 8.45. The van der Waals surface area contributed by atoms with Gasteiger partial charge < -0.3 is 4.55 Å². The summed E-state index contributed by atoms with van der Waals surface area (Å²) in [5, 5.41) is 2.00. The fraction of sp³-hybridized carbons (Fsp3) is 0.722. The molecule has 0 aromatic heterocycles. The van der Waals surface area contributed by atoms with E-state index in [4.69, 9.17) is 0 Å². The SMILES string of the molecule is CCCCCCCCCCCCCc1c(S(=O)(=O)[O-])cc2ccccc2c1CCCCCCCCCCCCC.[K+]. The number of aryl methyl sites for hydroxylation is 1. The summed E-state index contributed by atoms with van der Waals surface area (Å²) in [6.45, 7) is 4.52. The molecule has 0 fully saturated rings. The van der Waals surface area contributed by atoms with E-state index in [1.54, 1.807) is 6.07 Å². The Kier molecular flexibility index (Phi) is 23.5. The summed E-state index contributed by atoms with van der Waals surface area (Å²) in [5.74, 6) is 0. The quantitative estimate of drug-likeness (QED) is 0.0644. The minimum absolute atomic E-state index is 0. The predicted molar refractivity (Wildman–Crippen MR) is 172 cm³/mol. The molecular weight excluding hydrogens is 552 g/mol. The molecule has 0 saturated heterocycles. The molecule has 2 aromatic carbocycles. The monoisotopic (exact) mass is 610 g/mol. The number of rotatable bonds is 25. The first-order valence-corrected chi connectivity index (χ1v) is 18.4. The molecule has 0 heterocycles. The van der Waals surface area contributed by atoms with Crippen molar-refractivity contribution in [2.45, 2.75) is 173 Å². The van der Waals surface area contributed by atoms with Crippen molar-refractivity contribution in [3.05, 3.63) is 41.5 Å². The van der Waals surface area contributed by atoms with E-state index < -0.39 is 10.1 Å². The Labute approximate surface area is 296 Å². The number of hydrogen-bond acceptors (Lipinski definition) is 3. The summed E-state index contributed by atoms with van der Waals surface area (Å²) in [6.07, 6.45) is 29.6. The third kappa shape index (κ3) is 16.8. The van der Waals surface area contributed by atoms with E-state index in [-0.39, 0.29) is 56.3 Å². The first kappa shape index (κ1) is 39.3. The average molecular weight is 611 g/mol. The van der Waals surface area contributed by atoms with Crippen molar-refractivity contribution in [1.29, 1.82) is 0 Å². The normalized spacial score (nSPS) is 11.7. The van der Waals surface area contributed by atoms with Gasteiger partial charge in [-0.25, -0.2) is 8.42 Å². The minimum Gasteiger partial charge on any atom is -0.744 e. The molecule has 3 nitrogen and oxygen atoms in total. The Morgan fingerprint density at radius 1 is 0.537 bits per heavy atom. The van der Waals surface area contributed by atoms with Crippen LogP contribution in [0.1, 0.15) is 166 Å². The number of fused-ring (bicyclic) bond motifs is 1. The fourth-order valence-electron chi connectivity index (χ4n) is 6.15. The summed E-state index contributed by atoms with van der Waals surface area (Å²) >= 11 is 0. The van der Waals surface area contributed by atoms with Crippen LogP contribution in [0.4, 0.5) is 0 Å². The van der Waals surface area contributed by atoms with Gasteiger partial charge in [-0.1, -0.05) is 167 Å². The molecule has 0 aliphatic heterocycles. The molecule has 0 atom stereocenters. The first-order chi connectivity index (χ1) is 19.5. The topological polar surface area (TPSA) is 57.2 Å². The first-order valence-electron chi connectivity index (χ1n) is 17.0. The molecule has 2 aromatic rings. The molecule has 0 aliphatic rings. The maximum Gasteiger partial charge on any atom is 1.00 e. The summed E-state index contributed by atoms with van der Waals surface area (Å²) in [7, 11) is -4.52.